The zero-order valence-corrected chi connectivity index (χ0v) is 13.4. The van der Waals surface area contributed by atoms with E-state index in [9.17, 15) is 14.4 Å². The van der Waals surface area contributed by atoms with Crippen molar-refractivity contribution in [2.45, 2.75) is 32.7 Å². The summed E-state index contributed by atoms with van der Waals surface area (Å²) in [6.45, 7) is 3.52. The molecule has 0 spiro atoms. The molecular formula is C14H17N3O4S. The van der Waals surface area contributed by atoms with Crippen LogP contribution in [0, 0.1) is 6.92 Å². The van der Waals surface area contributed by atoms with E-state index in [1.54, 1.807) is 14.0 Å². The van der Waals surface area contributed by atoms with E-state index in [1.165, 1.54) is 10.9 Å². The zero-order chi connectivity index (χ0) is 16.4. The molecule has 0 saturated heterocycles. The van der Waals surface area contributed by atoms with Crippen molar-refractivity contribution in [3.63, 3.8) is 0 Å². The number of aryl methyl sites for hydroxylation is 2. The molecule has 1 atom stereocenters. The van der Waals surface area contributed by atoms with Gasteiger partial charge in [-0.05, 0) is 18.9 Å². The Labute approximate surface area is 130 Å². The molecular weight excluding hydrogens is 306 g/mol. The number of hydrogen-bond acceptors (Lipinski definition) is 5. The summed E-state index contributed by atoms with van der Waals surface area (Å²) >= 11 is 1.10. The number of aromatic nitrogens is 2. The third kappa shape index (κ3) is 2.87. The van der Waals surface area contributed by atoms with Crippen LogP contribution in [-0.4, -0.2) is 32.6 Å². The molecule has 2 rings (SSSR count). The summed E-state index contributed by atoms with van der Waals surface area (Å²) in [5.74, 6) is -1.55. The molecule has 2 aromatic rings. The summed E-state index contributed by atoms with van der Waals surface area (Å²) in [6.07, 6.45) is 2.40. The van der Waals surface area contributed by atoms with Crippen LogP contribution >= 0.6 is 11.3 Å². The van der Waals surface area contributed by atoms with E-state index in [2.05, 4.69) is 10.3 Å². The van der Waals surface area contributed by atoms with Gasteiger partial charge >= 0.3 is 5.97 Å². The molecule has 0 aromatic carbocycles. The second kappa shape index (κ2) is 6.27. The molecule has 0 fully saturated rings. The lowest BCUT2D eigenvalue weighted by Gasteiger charge is -2.12. The molecule has 8 heteroatoms. The number of carboxylic acid groups (broad SMARTS) is 1. The van der Waals surface area contributed by atoms with Gasteiger partial charge in [-0.15, -0.1) is 11.3 Å². The van der Waals surface area contributed by atoms with Crippen molar-refractivity contribution >= 4 is 33.4 Å². The first-order valence-electron chi connectivity index (χ1n) is 6.85. The summed E-state index contributed by atoms with van der Waals surface area (Å²) in [4.78, 5) is 40.5. The van der Waals surface area contributed by atoms with Gasteiger partial charge in [0.15, 0.2) is 0 Å². The topological polar surface area (TPSA) is 101 Å². The summed E-state index contributed by atoms with van der Waals surface area (Å²) < 4.78 is 1.35. The standard InChI is InChI=1S/C14H17N3O4S/c1-4-5-8(14(20)21)16-11(18)10-7(2)9-12(22-10)15-6-17(3)13(9)19/h6,8H,4-5H2,1-3H3,(H,16,18)(H,20,21). The first-order chi connectivity index (χ1) is 10.4. The number of carbonyl (C=O) groups is 2. The summed E-state index contributed by atoms with van der Waals surface area (Å²) in [5.41, 5.74) is 0.313. The van der Waals surface area contributed by atoms with Gasteiger partial charge in [0, 0.05) is 7.05 Å². The number of amides is 1. The fraction of sp³-hybridized carbons (Fsp3) is 0.429. The van der Waals surface area contributed by atoms with Crippen LogP contribution in [0.2, 0.25) is 0 Å². The second-order valence-corrected chi connectivity index (χ2v) is 6.05. The van der Waals surface area contributed by atoms with Crippen molar-refractivity contribution in [3.8, 4) is 0 Å². The zero-order valence-electron chi connectivity index (χ0n) is 12.5. The Hall–Kier alpha value is -2.22. The minimum Gasteiger partial charge on any atom is -0.480 e. The smallest absolute Gasteiger partial charge is 0.326 e. The van der Waals surface area contributed by atoms with Crippen molar-refractivity contribution in [2.24, 2.45) is 7.05 Å². The highest BCUT2D eigenvalue weighted by Gasteiger charge is 2.24. The Morgan fingerprint density at radius 2 is 2.18 bits per heavy atom. The SMILES string of the molecule is CCCC(NC(=O)c1sc2ncn(C)c(=O)c2c1C)C(=O)O. The summed E-state index contributed by atoms with van der Waals surface area (Å²) in [5, 5.41) is 12.0. The first kappa shape index (κ1) is 16.2. The number of aliphatic carboxylic acids is 1. The molecule has 1 amide bonds. The fourth-order valence-electron chi connectivity index (χ4n) is 2.20. The normalized spacial score (nSPS) is 12.3. The number of hydrogen-bond donors (Lipinski definition) is 2. The molecule has 2 N–H and O–H groups in total. The number of nitrogens with zero attached hydrogens (tertiary/aromatic N) is 2. The van der Waals surface area contributed by atoms with Crippen LogP contribution in [0.15, 0.2) is 11.1 Å². The van der Waals surface area contributed by atoms with E-state index < -0.39 is 17.9 Å². The lowest BCUT2D eigenvalue weighted by atomic mass is 10.1. The quantitative estimate of drug-likeness (QED) is 0.863. The minimum absolute atomic E-state index is 0.221. The maximum absolute atomic E-state index is 12.3. The molecule has 22 heavy (non-hydrogen) atoms. The van der Waals surface area contributed by atoms with Gasteiger partial charge in [0.2, 0.25) is 0 Å². The van der Waals surface area contributed by atoms with Gasteiger partial charge < -0.3 is 15.0 Å². The maximum Gasteiger partial charge on any atom is 0.326 e. The van der Waals surface area contributed by atoms with Crippen LogP contribution < -0.4 is 10.9 Å². The molecule has 0 aliphatic carbocycles. The van der Waals surface area contributed by atoms with Crippen molar-refractivity contribution in [3.05, 3.63) is 27.1 Å². The van der Waals surface area contributed by atoms with Gasteiger partial charge in [0.05, 0.1) is 16.6 Å². The Balaban J connectivity index is 2.41. The first-order valence-corrected chi connectivity index (χ1v) is 7.66. The third-order valence-corrected chi connectivity index (χ3v) is 4.60. The van der Waals surface area contributed by atoms with Crippen molar-refractivity contribution in [1.82, 2.24) is 14.9 Å². The molecule has 0 bridgehead atoms. The number of nitrogens with one attached hydrogen (secondary N) is 1. The van der Waals surface area contributed by atoms with Crippen LogP contribution in [-0.2, 0) is 11.8 Å². The number of carboxylic acids is 1. The van der Waals surface area contributed by atoms with Gasteiger partial charge in [-0.3, -0.25) is 9.59 Å². The molecule has 2 aromatic heterocycles. The lowest BCUT2D eigenvalue weighted by molar-refractivity contribution is -0.139. The van der Waals surface area contributed by atoms with Crippen LogP contribution in [0.5, 0.6) is 0 Å². The number of rotatable bonds is 5. The Kier molecular flexibility index (Phi) is 4.60. The van der Waals surface area contributed by atoms with Crippen LogP contribution in [0.25, 0.3) is 10.2 Å². The van der Waals surface area contributed by atoms with Gasteiger partial charge in [-0.25, -0.2) is 9.78 Å². The molecule has 0 aliphatic rings. The molecule has 0 saturated carbocycles. The van der Waals surface area contributed by atoms with Crippen molar-refractivity contribution in [1.29, 1.82) is 0 Å². The number of thiophene rings is 1. The highest BCUT2D eigenvalue weighted by Crippen LogP contribution is 2.26. The maximum atomic E-state index is 12.3. The Bertz CT molecular complexity index is 793. The second-order valence-electron chi connectivity index (χ2n) is 5.05. The highest BCUT2D eigenvalue weighted by atomic mass is 32.1. The van der Waals surface area contributed by atoms with E-state index in [1.807, 2.05) is 6.92 Å². The van der Waals surface area contributed by atoms with Gasteiger partial charge in [0.25, 0.3) is 11.5 Å². The summed E-state index contributed by atoms with van der Waals surface area (Å²) in [7, 11) is 1.59. The van der Waals surface area contributed by atoms with Gasteiger partial charge in [-0.2, -0.15) is 0 Å². The lowest BCUT2D eigenvalue weighted by Crippen LogP contribution is -2.40. The largest absolute Gasteiger partial charge is 0.480 e. The average Bonchev–Trinajstić information content (AvgIpc) is 2.80. The minimum atomic E-state index is -1.07. The van der Waals surface area contributed by atoms with Gasteiger partial charge in [-0.1, -0.05) is 13.3 Å². The molecule has 2 heterocycles. The molecule has 1 unspecified atom stereocenters. The van der Waals surface area contributed by atoms with Crippen molar-refractivity contribution in [2.75, 3.05) is 0 Å². The predicted octanol–water partition coefficient (Wildman–Crippen LogP) is 1.29. The Morgan fingerprint density at radius 3 is 2.77 bits per heavy atom. The number of fused-ring (bicyclic) bond motifs is 1. The van der Waals surface area contributed by atoms with Crippen LogP contribution in [0.3, 0.4) is 0 Å². The predicted molar refractivity (Wildman–Crippen MR) is 83.4 cm³/mol. The number of carbonyl (C=O) groups excluding carboxylic acids is 1. The van der Waals surface area contributed by atoms with E-state index in [-0.39, 0.29) is 5.56 Å². The molecule has 118 valence electrons. The van der Waals surface area contributed by atoms with Crippen LogP contribution in [0.1, 0.15) is 35.0 Å². The summed E-state index contributed by atoms with van der Waals surface area (Å²) in [6, 6.07) is -0.932. The average molecular weight is 323 g/mol. The molecule has 0 radical (unpaired) electrons. The van der Waals surface area contributed by atoms with Crippen molar-refractivity contribution < 1.29 is 14.7 Å². The van der Waals surface area contributed by atoms with Gasteiger partial charge in [0.1, 0.15) is 10.9 Å². The Morgan fingerprint density at radius 1 is 1.50 bits per heavy atom. The van der Waals surface area contributed by atoms with E-state index in [4.69, 9.17) is 5.11 Å². The van der Waals surface area contributed by atoms with E-state index in [0.29, 0.717) is 33.5 Å². The fourth-order valence-corrected chi connectivity index (χ4v) is 3.24. The highest BCUT2D eigenvalue weighted by molar-refractivity contribution is 7.20. The molecule has 0 aliphatic heterocycles. The third-order valence-electron chi connectivity index (χ3n) is 3.40. The van der Waals surface area contributed by atoms with Crippen LogP contribution in [0.4, 0.5) is 0 Å². The monoisotopic (exact) mass is 323 g/mol. The molecule has 7 nitrogen and oxygen atoms in total. The van der Waals surface area contributed by atoms with E-state index in [0.717, 1.165) is 11.3 Å². The van der Waals surface area contributed by atoms with E-state index >= 15 is 0 Å².